The van der Waals surface area contributed by atoms with Crippen molar-refractivity contribution >= 4 is 22.8 Å². The van der Waals surface area contributed by atoms with Gasteiger partial charge in [0.25, 0.3) is 5.56 Å². The largest absolute Gasteiger partial charge is 0.325 e. The Hall–Kier alpha value is -3.95. The van der Waals surface area contributed by atoms with Crippen molar-refractivity contribution in [3.63, 3.8) is 0 Å². The van der Waals surface area contributed by atoms with Gasteiger partial charge in [-0.15, -0.1) is 5.10 Å². The lowest BCUT2D eigenvalue weighted by Gasteiger charge is -2.07. The van der Waals surface area contributed by atoms with E-state index in [1.54, 1.807) is 12.1 Å². The van der Waals surface area contributed by atoms with Crippen LogP contribution in [0.2, 0.25) is 0 Å². The van der Waals surface area contributed by atoms with Crippen molar-refractivity contribution in [1.82, 2.24) is 24.5 Å². The first-order valence-corrected chi connectivity index (χ1v) is 8.58. The van der Waals surface area contributed by atoms with Gasteiger partial charge in [0.15, 0.2) is 11.2 Å². The first kappa shape index (κ1) is 18.4. The molecule has 0 saturated heterocycles. The molecule has 29 heavy (non-hydrogen) atoms. The minimum Gasteiger partial charge on any atom is -0.325 e. The molecule has 0 unspecified atom stereocenters. The molecule has 0 aliphatic heterocycles. The summed E-state index contributed by atoms with van der Waals surface area (Å²) < 4.78 is 28.8. The maximum Gasteiger partial charge on any atom is 0.283 e. The molecule has 146 valence electrons. The van der Waals surface area contributed by atoms with Gasteiger partial charge in [0.1, 0.15) is 24.5 Å². The Bertz CT molecular complexity index is 1250. The van der Waals surface area contributed by atoms with Gasteiger partial charge in [0, 0.05) is 5.69 Å². The number of carbonyl (C=O) groups excluding carboxylic acids is 1. The fourth-order valence-corrected chi connectivity index (χ4v) is 2.80. The summed E-state index contributed by atoms with van der Waals surface area (Å²) >= 11 is 0. The van der Waals surface area contributed by atoms with Crippen LogP contribution in [0, 0.1) is 11.6 Å². The monoisotopic (exact) mass is 396 g/mol. The van der Waals surface area contributed by atoms with E-state index in [2.05, 4.69) is 20.6 Å². The van der Waals surface area contributed by atoms with Gasteiger partial charge in [-0.3, -0.25) is 14.2 Å². The Morgan fingerprint density at radius 3 is 2.62 bits per heavy atom. The smallest absolute Gasteiger partial charge is 0.283 e. The van der Waals surface area contributed by atoms with E-state index < -0.39 is 17.3 Å². The van der Waals surface area contributed by atoms with Crippen molar-refractivity contribution < 1.29 is 13.6 Å². The molecule has 0 saturated carbocycles. The predicted octanol–water partition coefficient (Wildman–Crippen LogP) is 1.95. The van der Waals surface area contributed by atoms with Gasteiger partial charge < -0.3 is 5.32 Å². The average molecular weight is 396 g/mol. The Kier molecular flexibility index (Phi) is 4.82. The third kappa shape index (κ3) is 4.00. The molecule has 0 atom stereocenters. The molecule has 8 nitrogen and oxygen atoms in total. The molecule has 0 radical (unpaired) electrons. The number of aromatic nitrogens is 5. The minimum atomic E-state index is -0.533. The Morgan fingerprint density at radius 1 is 1.07 bits per heavy atom. The SMILES string of the molecule is O=C(Cn1cnc2c(nnn2Cc2cccc(F)c2)c1=O)Nc1ccc(F)cc1. The number of nitrogens with zero attached hydrogens (tertiary/aromatic N) is 5. The third-order valence-electron chi connectivity index (χ3n) is 4.16. The first-order chi connectivity index (χ1) is 14.0. The van der Waals surface area contributed by atoms with E-state index in [1.165, 1.54) is 47.4 Å². The number of hydrogen-bond acceptors (Lipinski definition) is 5. The summed E-state index contributed by atoms with van der Waals surface area (Å²) in [6, 6.07) is 11.2. The number of amides is 1. The summed E-state index contributed by atoms with van der Waals surface area (Å²) in [5.74, 6) is -1.28. The number of carbonyl (C=O) groups is 1. The fraction of sp³-hybridized carbons (Fsp3) is 0.105. The molecule has 0 fully saturated rings. The second-order valence-corrected chi connectivity index (χ2v) is 6.28. The zero-order valence-corrected chi connectivity index (χ0v) is 14.9. The zero-order chi connectivity index (χ0) is 20.4. The van der Waals surface area contributed by atoms with Gasteiger partial charge in [-0.25, -0.2) is 18.4 Å². The Morgan fingerprint density at radius 2 is 1.86 bits per heavy atom. The van der Waals surface area contributed by atoms with E-state index >= 15 is 0 Å². The van der Waals surface area contributed by atoms with Crippen LogP contribution >= 0.6 is 0 Å². The first-order valence-electron chi connectivity index (χ1n) is 8.58. The quantitative estimate of drug-likeness (QED) is 0.557. The van der Waals surface area contributed by atoms with Crippen LogP contribution in [-0.2, 0) is 17.9 Å². The third-order valence-corrected chi connectivity index (χ3v) is 4.16. The van der Waals surface area contributed by atoms with E-state index in [4.69, 9.17) is 0 Å². The van der Waals surface area contributed by atoms with E-state index in [9.17, 15) is 18.4 Å². The van der Waals surface area contributed by atoms with Crippen molar-refractivity contribution in [1.29, 1.82) is 0 Å². The summed E-state index contributed by atoms with van der Waals surface area (Å²) in [4.78, 5) is 28.9. The van der Waals surface area contributed by atoms with E-state index in [1.807, 2.05) is 0 Å². The summed E-state index contributed by atoms with van der Waals surface area (Å²) in [5, 5.41) is 10.3. The Balaban J connectivity index is 1.54. The summed E-state index contributed by atoms with van der Waals surface area (Å²) in [6.07, 6.45) is 1.22. The molecule has 2 aromatic heterocycles. The second-order valence-electron chi connectivity index (χ2n) is 6.28. The highest BCUT2D eigenvalue weighted by atomic mass is 19.1. The summed E-state index contributed by atoms with van der Waals surface area (Å²) in [6.45, 7) is -0.105. The molecule has 2 aromatic carbocycles. The van der Waals surface area contributed by atoms with E-state index in [0.717, 1.165) is 4.57 Å². The molecule has 2 heterocycles. The number of fused-ring (bicyclic) bond motifs is 1. The van der Waals surface area contributed by atoms with Gasteiger partial charge in [0.05, 0.1) is 6.54 Å². The zero-order valence-electron chi connectivity index (χ0n) is 14.9. The standard InChI is InChI=1S/C19H14F2N6O2/c20-13-4-6-15(7-5-13)23-16(28)10-26-11-22-18-17(19(26)29)24-25-27(18)9-12-2-1-3-14(21)8-12/h1-8,11H,9-10H2,(H,23,28). The lowest BCUT2D eigenvalue weighted by Crippen LogP contribution is -2.28. The number of halogens is 2. The van der Waals surface area contributed by atoms with Gasteiger partial charge in [-0.1, -0.05) is 17.3 Å². The minimum absolute atomic E-state index is 0.00140. The highest BCUT2D eigenvalue weighted by molar-refractivity contribution is 5.90. The van der Waals surface area contributed by atoms with Crippen LogP contribution in [0.25, 0.3) is 11.2 Å². The molecule has 0 aliphatic carbocycles. The molecule has 10 heteroatoms. The highest BCUT2D eigenvalue weighted by Crippen LogP contribution is 2.10. The van der Waals surface area contributed by atoms with Crippen molar-refractivity contribution in [2.45, 2.75) is 13.1 Å². The van der Waals surface area contributed by atoms with Crippen LogP contribution in [0.4, 0.5) is 14.5 Å². The molecule has 4 aromatic rings. The van der Waals surface area contributed by atoms with Crippen LogP contribution < -0.4 is 10.9 Å². The lowest BCUT2D eigenvalue weighted by molar-refractivity contribution is -0.116. The molecular formula is C19H14F2N6O2. The van der Waals surface area contributed by atoms with Crippen LogP contribution in [0.3, 0.4) is 0 Å². The maximum atomic E-state index is 13.4. The molecule has 0 spiro atoms. The van der Waals surface area contributed by atoms with Gasteiger partial charge >= 0.3 is 0 Å². The predicted molar refractivity (Wildman–Crippen MR) is 100 cm³/mol. The fourth-order valence-electron chi connectivity index (χ4n) is 2.80. The molecule has 1 N–H and O–H groups in total. The number of rotatable bonds is 5. The van der Waals surface area contributed by atoms with E-state index in [-0.39, 0.29) is 30.1 Å². The van der Waals surface area contributed by atoms with E-state index in [0.29, 0.717) is 11.3 Å². The molecular weight excluding hydrogens is 382 g/mol. The Labute approximate surface area is 162 Å². The van der Waals surface area contributed by atoms with Crippen molar-refractivity contribution in [2.24, 2.45) is 0 Å². The van der Waals surface area contributed by atoms with Crippen molar-refractivity contribution in [3.05, 3.63) is 82.4 Å². The number of hydrogen-bond donors (Lipinski definition) is 1. The van der Waals surface area contributed by atoms with Gasteiger partial charge in [0.2, 0.25) is 5.91 Å². The number of nitrogens with one attached hydrogen (secondary N) is 1. The van der Waals surface area contributed by atoms with Gasteiger partial charge in [-0.05, 0) is 42.0 Å². The lowest BCUT2D eigenvalue weighted by atomic mass is 10.2. The normalized spacial score (nSPS) is 11.0. The molecule has 1 amide bonds. The second kappa shape index (κ2) is 7.58. The summed E-state index contributed by atoms with van der Waals surface area (Å²) in [5.41, 5.74) is 0.740. The van der Waals surface area contributed by atoms with Crippen LogP contribution in [0.1, 0.15) is 5.56 Å². The van der Waals surface area contributed by atoms with Crippen molar-refractivity contribution in [3.8, 4) is 0 Å². The molecule has 4 rings (SSSR count). The van der Waals surface area contributed by atoms with Crippen LogP contribution in [-0.4, -0.2) is 30.5 Å². The van der Waals surface area contributed by atoms with Crippen molar-refractivity contribution in [2.75, 3.05) is 5.32 Å². The van der Waals surface area contributed by atoms with Crippen LogP contribution in [0.15, 0.2) is 59.7 Å². The van der Waals surface area contributed by atoms with Crippen LogP contribution in [0.5, 0.6) is 0 Å². The summed E-state index contributed by atoms with van der Waals surface area (Å²) in [7, 11) is 0. The van der Waals surface area contributed by atoms with Gasteiger partial charge in [-0.2, -0.15) is 0 Å². The molecule has 0 aliphatic rings. The number of benzene rings is 2. The topological polar surface area (TPSA) is 94.7 Å². The maximum absolute atomic E-state index is 13.4. The number of anilines is 1. The highest BCUT2D eigenvalue weighted by Gasteiger charge is 2.14. The molecule has 0 bridgehead atoms. The average Bonchev–Trinajstić information content (AvgIpc) is 3.09.